The van der Waals surface area contributed by atoms with E-state index in [4.69, 9.17) is 10.00 Å². The van der Waals surface area contributed by atoms with Crippen LogP contribution in [-0.2, 0) is 6.54 Å². The van der Waals surface area contributed by atoms with Crippen LogP contribution in [0.1, 0.15) is 18.9 Å². The predicted octanol–water partition coefficient (Wildman–Crippen LogP) is 4.00. The number of nitrogens with zero attached hydrogens (tertiary/aromatic N) is 3. The number of hydrogen-bond acceptors (Lipinski definition) is 3. The zero-order chi connectivity index (χ0) is 16.2. The Kier molecular flexibility index (Phi) is 4.24. The molecule has 0 fully saturated rings. The molecule has 0 radical (unpaired) electrons. The minimum Gasteiger partial charge on any atom is -0.470 e. The second kappa shape index (κ2) is 6.49. The van der Waals surface area contributed by atoms with Gasteiger partial charge in [-0.15, -0.1) is 0 Å². The van der Waals surface area contributed by atoms with Crippen LogP contribution in [0.25, 0.3) is 11.3 Å². The van der Waals surface area contributed by atoms with Crippen molar-refractivity contribution in [3.63, 3.8) is 0 Å². The van der Waals surface area contributed by atoms with Gasteiger partial charge in [-0.25, -0.2) is 9.07 Å². The summed E-state index contributed by atoms with van der Waals surface area (Å²) in [7, 11) is 0. The second-order valence-electron chi connectivity index (χ2n) is 5.22. The molecule has 0 aliphatic heterocycles. The highest BCUT2D eigenvalue weighted by atomic mass is 19.1. The molecule has 1 aliphatic rings. The molecule has 0 saturated carbocycles. The number of allylic oxidation sites excluding steroid dienone is 2. The van der Waals surface area contributed by atoms with E-state index < -0.39 is 0 Å². The summed E-state index contributed by atoms with van der Waals surface area (Å²) in [5.41, 5.74) is 2.21. The first kappa shape index (κ1) is 15.0. The Morgan fingerprint density at radius 3 is 3.00 bits per heavy atom. The van der Waals surface area contributed by atoms with E-state index in [1.165, 1.54) is 12.2 Å². The van der Waals surface area contributed by atoms with Crippen LogP contribution < -0.4 is 4.74 Å². The number of hydrogen-bond donors (Lipinski definition) is 0. The van der Waals surface area contributed by atoms with E-state index in [2.05, 4.69) is 11.2 Å². The van der Waals surface area contributed by atoms with Gasteiger partial charge in [-0.2, -0.15) is 10.4 Å². The monoisotopic (exact) mass is 309 g/mol. The van der Waals surface area contributed by atoms with Gasteiger partial charge in [0, 0.05) is 24.6 Å². The molecule has 2 aromatic rings. The maximum Gasteiger partial charge on any atom is 0.212 e. The van der Waals surface area contributed by atoms with E-state index in [9.17, 15) is 4.39 Å². The Hall–Kier alpha value is -2.87. The molecule has 0 saturated heterocycles. The Labute approximate surface area is 134 Å². The largest absolute Gasteiger partial charge is 0.470 e. The Balaban J connectivity index is 1.86. The van der Waals surface area contributed by atoms with Crippen molar-refractivity contribution in [2.75, 3.05) is 0 Å². The minimum atomic E-state index is -0.233. The third-order valence-electron chi connectivity index (χ3n) is 3.62. The fourth-order valence-corrected chi connectivity index (χ4v) is 2.43. The molecule has 5 heteroatoms. The van der Waals surface area contributed by atoms with Gasteiger partial charge in [0.15, 0.2) is 0 Å². The van der Waals surface area contributed by atoms with E-state index in [1.54, 1.807) is 22.9 Å². The lowest BCUT2D eigenvalue weighted by molar-refractivity contribution is 0.225. The molecule has 23 heavy (non-hydrogen) atoms. The first-order valence-electron chi connectivity index (χ1n) is 7.48. The van der Waals surface area contributed by atoms with Crippen molar-refractivity contribution in [1.29, 1.82) is 5.26 Å². The van der Waals surface area contributed by atoms with Gasteiger partial charge in [0.05, 0.1) is 17.3 Å². The van der Waals surface area contributed by atoms with Crippen LogP contribution in [0.3, 0.4) is 0 Å². The van der Waals surface area contributed by atoms with Crippen LogP contribution in [0, 0.1) is 11.3 Å². The number of aromatic nitrogens is 2. The molecule has 0 bridgehead atoms. The van der Waals surface area contributed by atoms with Crippen molar-refractivity contribution in [3.05, 3.63) is 60.0 Å². The van der Waals surface area contributed by atoms with Gasteiger partial charge < -0.3 is 4.74 Å². The predicted molar refractivity (Wildman–Crippen MR) is 85.4 cm³/mol. The summed E-state index contributed by atoms with van der Waals surface area (Å²) in [4.78, 5) is 0. The third kappa shape index (κ3) is 3.32. The first-order valence-corrected chi connectivity index (χ1v) is 7.48. The van der Waals surface area contributed by atoms with E-state index in [0.717, 1.165) is 11.3 Å². The molecule has 1 aromatic carbocycles. The Morgan fingerprint density at radius 1 is 1.43 bits per heavy atom. The average molecular weight is 309 g/mol. The van der Waals surface area contributed by atoms with Gasteiger partial charge in [-0.3, -0.25) is 0 Å². The van der Waals surface area contributed by atoms with Crippen LogP contribution in [0.2, 0.25) is 0 Å². The summed E-state index contributed by atoms with van der Waals surface area (Å²) in [5, 5.41) is 13.5. The summed E-state index contributed by atoms with van der Waals surface area (Å²) < 4.78 is 20.7. The van der Waals surface area contributed by atoms with Gasteiger partial charge in [0.2, 0.25) is 5.88 Å². The Bertz CT molecular complexity index is 814. The number of benzene rings is 1. The third-order valence-corrected chi connectivity index (χ3v) is 3.62. The summed E-state index contributed by atoms with van der Waals surface area (Å²) in [6, 6.07) is 11.3. The average Bonchev–Trinajstić information content (AvgIpc) is 3.00. The fraction of sp³-hybridized carbons (Fsp3) is 0.222. The van der Waals surface area contributed by atoms with Crippen molar-refractivity contribution in [1.82, 2.24) is 9.78 Å². The normalized spacial score (nSPS) is 16.7. The standard InChI is InChI=1S/C18H16FN3O/c1-2-22-18(23-16-8-6-15(19)7-9-16)11-17(21-22)14-5-3-4-13(10-14)12-20/h3-8,10-11,16H,2,9H2,1H3. The van der Waals surface area contributed by atoms with Crippen LogP contribution >= 0.6 is 0 Å². The van der Waals surface area contributed by atoms with Gasteiger partial charge in [0.1, 0.15) is 11.9 Å². The fourth-order valence-electron chi connectivity index (χ4n) is 2.43. The quantitative estimate of drug-likeness (QED) is 0.857. The second-order valence-corrected chi connectivity index (χ2v) is 5.22. The molecule has 3 rings (SSSR count). The molecular formula is C18H16FN3O. The van der Waals surface area contributed by atoms with E-state index in [-0.39, 0.29) is 11.9 Å². The Morgan fingerprint density at radius 2 is 2.30 bits per heavy atom. The van der Waals surface area contributed by atoms with Crippen molar-refractivity contribution in [2.24, 2.45) is 0 Å². The molecule has 0 N–H and O–H groups in total. The van der Waals surface area contributed by atoms with Gasteiger partial charge in [-0.05, 0) is 37.3 Å². The molecule has 1 atom stereocenters. The molecule has 4 nitrogen and oxygen atoms in total. The van der Waals surface area contributed by atoms with Crippen LogP contribution in [-0.4, -0.2) is 15.9 Å². The lowest BCUT2D eigenvalue weighted by atomic mass is 10.1. The molecule has 1 aromatic heterocycles. The summed E-state index contributed by atoms with van der Waals surface area (Å²) in [6.07, 6.45) is 4.93. The molecular weight excluding hydrogens is 293 g/mol. The summed E-state index contributed by atoms with van der Waals surface area (Å²) >= 11 is 0. The smallest absolute Gasteiger partial charge is 0.212 e. The molecule has 1 unspecified atom stereocenters. The number of halogens is 1. The number of aryl methyl sites for hydroxylation is 1. The van der Waals surface area contributed by atoms with Gasteiger partial charge in [0.25, 0.3) is 0 Å². The van der Waals surface area contributed by atoms with Crippen molar-refractivity contribution >= 4 is 0 Å². The van der Waals surface area contributed by atoms with Crippen molar-refractivity contribution < 1.29 is 9.13 Å². The SMILES string of the molecule is CCn1nc(-c2cccc(C#N)c2)cc1OC1C=CC(F)=CC1. The van der Waals surface area contributed by atoms with Crippen molar-refractivity contribution in [2.45, 2.75) is 26.0 Å². The van der Waals surface area contributed by atoms with Gasteiger partial charge in [-0.1, -0.05) is 12.1 Å². The lowest BCUT2D eigenvalue weighted by Gasteiger charge is -2.16. The maximum atomic E-state index is 13.0. The maximum absolute atomic E-state index is 13.0. The van der Waals surface area contributed by atoms with E-state index in [1.807, 2.05) is 25.1 Å². The first-order chi connectivity index (χ1) is 11.2. The van der Waals surface area contributed by atoms with E-state index in [0.29, 0.717) is 24.4 Å². The number of nitriles is 1. The zero-order valence-corrected chi connectivity index (χ0v) is 12.7. The topological polar surface area (TPSA) is 50.8 Å². The number of ether oxygens (including phenoxy) is 1. The molecule has 116 valence electrons. The lowest BCUT2D eigenvalue weighted by Crippen LogP contribution is -2.16. The summed E-state index contributed by atoms with van der Waals surface area (Å²) in [5.74, 6) is 0.401. The van der Waals surface area contributed by atoms with Crippen LogP contribution in [0.4, 0.5) is 4.39 Å². The zero-order valence-electron chi connectivity index (χ0n) is 12.7. The van der Waals surface area contributed by atoms with Gasteiger partial charge >= 0.3 is 0 Å². The van der Waals surface area contributed by atoms with E-state index >= 15 is 0 Å². The minimum absolute atomic E-state index is 0.199. The van der Waals surface area contributed by atoms with Crippen molar-refractivity contribution in [3.8, 4) is 23.2 Å². The van der Waals surface area contributed by atoms with Crippen LogP contribution in [0.15, 0.2) is 54.4 Å². The molecule has 0 amide bonds. The number of rotatable bonds is 4. The molecule has 0 spiro atoms. The summed E-state index contributed by atoms with van der Waals surface area (Å²) in [6.45, 7) is 2.64. The highest BCUT2D eigenvalue weighted by molar-refractivity contribution is 5.62. The van der Waals surface area contributed by atoms with Crippen LogP contribution in [0.5, 0.6) is 5.88 Å². The molecule has 1 heterocycles. The highest BCUT2D eigenvalue weighted by Gasteiger charge is 2.15. The molecule has 1 aliphatic carbocycles. The highest BCUT2D eigenvalue weighted by Crippen LogP contribution is 2.26.